The van der Waals surface area contributed by atoms with Crippen LogP contribution in [0.3, 0.4) is 0 Å². The van der Waals surface area contributed by atoms with Gasteiger partial charge in [0.15, 0.2) is 11.6 Å². The molecule has 2 bridgehead atoms. The van der Waals surface area contributed by atoms with E-state index >= 15 is 0 Å². The third-order valence-electron chi connectivity index (χ3n) is 18.1. The van der Waals surface area contributed by atoms with E-state index in [2.05, 4.69) is 57.5 Å². The van der Waals surface area contributed by atoms with Crippen LogP contribution in [0.25, 0.3) is 21.7 Å². The number of piperazine rings is 1. The van der Waals surface area contributed by atoms with E-state index in [-0.39, 0.29) is 78.8 Å². The van der Waals surface area contributed by atoms with Gasteiger partial charge in [-0.1, -0.05) is 50.2 Å². The number of aromatic nitrogens is 5. The van der Waals surface area contributed by atoms with E-state index < -0.39 is 30.0 Å². The van der Waals surface area contributed by atoms with Gasteiger partial charge in [-0.25, -0.2) is 9.97 Å². The molecule has 2 aliphatic carbocycles. The minimum absolute atomic E-state index is 0.0299. The predicted octanol–water partition coefficient (Wildman–Crippen LogP) is 7.14. The summed E-state index contributed by atoms with van der Waals surface area (Å²) in [5.74, 6) is -0.416. The molecule has 3 amide bonds. The van der Waals surface area contributed by atoms with Crippen molar-refractivity contribution >= 4 is 46.3 Å². The second-order valence-corrected chi connectivity index (χ2v) is 24.8. The molecule has 4 aromatic heterocycles. The average molecular weight is 1170 g/mol. The number of carbonyl (C=O) groups is 3. The molecule has 4 saturated heterocycles. The van der Waals surface area contributed by atoms with E-state index in [0.717, 1.165) is 111 Å². The summed E-state index contributed by atoms with van der Waals surface area (Å²) in [5, 5.41) is 37.2. The molecule has 6 fully saturated rings. The number of hydrogen-bond donors (Lipinski definition) is 4. The number of nitrogen functional groups attached to an aromatic ring is 1. The third kappa shape index (κ3) is 12.1. The number of fused-ring (bicyclic) bond motifs is 2. The number of anilines is 3. The number of phenols is 1. The van der Waals surface area contributed by atoms with Crippen LogP contribution in [-0.2, 0) is 19.1 Å². The van der Waals surface area contributed by atoms with E-state index in [1.165, 1.54) is 4.90 Å². The number of pyridine rings is 1. The first-order chi connectivity index (χ1) is 40.7. The van der Waals surface area contributed by atoms with E-state index in [4.69, 9.17) is 24.5 Å². The van der Waals surface area contributed by atoms with Gasteiger partial charge in [-0.05, 0) is 98.3 Å². The van der Waals surface area contributed by atoms with Crippen molar-refractivity contribution < 1.29 is 43.3 Å². The second-order valence-electron chi connectivity index (χ2n) is 24.0. The van der Waals surface area contributed by atoms with Gasteiger partial charge in [0.2, 0.25) is 23.6 Å². The SMILES string of the molecule is Cc1ncsc1-c1ccc([C@@H](NC(=O)[C@@H]2C[C@@H](O)CN2C(=O)[C@H](c2cc(OCCN3CCC(OC4CC(Oc5cc(N6C7CC[C@@H]6CN(c6cc(-c8ccccc8O)nnc6N)C7)ccn5)C4)CC3)no2)C(C)C)C(=O)N(C)C2CCC2)cc1. The van der Waals surface area contributed by atoms with Crippen LogP contribution in [0, 0.1) is 12.8 Å². The summed E-state index contributed by atoms with van der Waals surface area (Å²) in [6.45, 7) is 10.1. The molecule has 1 unspecified atom stereocenters. The maximum atomic E-state index is 14.6. The maximum Gasteiger partial charge on any atom is 0.254 e. The summed E-state index contributed by atoms with van der Waals surface area (Å²) < 4.78 is 24.9. The number of β-amino-alcohol motifs (C(OH)–C–C–N with tert-alkyl or cyclic N) is 1. The number of hydrogen-bond acceptors (Lipinski definition) is 19. The maximum absolute atomic E-state index is 14.6. The number of amides is 3. The summed E-state index contributed by atoms with van der Waals surface area (Å²) in [6.07, 6.45) is 9.73. The molecule has 0 radical (unpaired) electrons. The molecule has 5 N–H and O–H groups in total. The molecule has 21 nitrogen and oxygen atoms in total. The quantitative estimate of drug-likeness (QED) is 0.0592. The number of aliphatic hydroxyl groups excluding tert-OH is 1. The number of nitrogens with one attached hydrogen (secondary N) is 1. The molecule has 22 heteroatoms. The molecule has 12 rings (SSSR count). The van der Waals surface area contributed by atoms with E-state index in [1.807, 2.05) is 69.4 Å². The number of phenolic OH excluding ortho intramolecular Hbond substituents is 1. The van der Waals surface area contributed by atoms with Gasteiger partial charge in [-0.3, -0.25) is 19.3 Å². The lowest BCUT2D eigenvalue weighted by Crippen LogP contribution is -2.54. The number of carbonyl (C=O) groups excluding carboxylic acids is 3. The molecule has 0 spiro atoms. The van der Waals surface area contributed by atoms with Crippen LogP contribution in [0.15, 0.2) is 89.0 Å². The summed E-state index contributed by atoms with van der Waals surface area (Å²) >= 11 is 1.54. The van der Waals surface area contributed by atoms with Gasteiger partial charge < -0.3 is 59.6 Å². The fourth-order valence-electron chi connectivity index (χ4n) is 13.1. The zero-order chi connectivity index (χ0) is 58.2. The number of likely N-dealkylation sites (N-methyl/N-ethyl adjacent to an activating group) is 1. The monoisotopic (exact) mass is 1160 g/mol. The lowest BCUT2D eigenvalue weighted by Gasteiger charge is -2.43. The van der Waals surface area contributed by atoms with Gasteiger partial charge in [-0.2, -0.15) is 0 Å². The Balaban J connectivity index is 0.585. The first-order valence-corrected chi connectivity index (χ1v) is 30.7. The average Bonchev–Trinajstić information content (AvgIpc) is 2.57. The number of para-hydroxylation sites is 1. The van der Waals surface area contributed by atoms with Crippen molar-refractivity contribution in [3.63, 3.8) is 0 Å². The van der Waals surface area contributed by atoms with Crippen LogP contribution in [0.2, 0.25) is 0 Å². The topological polar surface area (TPSA) is 251 Å². The van der Waals surface area contributed by atoms with E-state index in [1.54, 1.807) is 47.0 Å². The van der Waals surface area contributed by atoms with Gasteiger partial charge in [0.1, 0.15) is 36.5 Å². The predicted molar refractivity (Wildman–Crippen MR) is 317 cm³/mol. The van der Waals surface area contributed by atoms with Crippen molar-refractivity contribution in [3.05, 3.63) is 102 Å². The van der Waals surface area contributed by atoms with Crippen molar-refractivity contribution in [2.24, 2.45) is 5.92 Å². The van der Waals surface area contributed by atoms with Crippen LogP contribution in [0.5, 0.6) is 17.5 Å². The number of ether oxygens (including phenoxy) is 3. The van der Waals surface area contributed by atoms with Crippen LogP contribution in [0.1, 0.15) is 107 Å². The highest BCUT2D eigenvalue weighted by Gasteiger charge is 2.46. The molecule has 4 aliphatic heterocycles. The summed E-state index contributed by atoms with van der Waals surface area (Å²) in [4.78, 5) is 63.4. The number of aliphatic hydroxyl groups is 1. The number of rotatable bonds is 20. The zero-order valence-corrected chi connectivity index (χ0v) is 49.0. The molecular weight excluding hydrogens is 1090 g/mol. The highest BCUT2D eigenvalue weighted by atomic mass is 32.1. The number of nitrogens with zero attached hydrogens (tertiary/aromatic N) is 10. The van der Waals surface area contributed by atoms with Gasteiger partial charge >= 0.3 is 0 Å². The minimum atomic E-state index is -1.01. The Labute approximate surface area is 493 Å². The van der Waals surface area contributed by atoms with Gasteiger partial charge in [-0.15, -0.1) is 21.5 Å². The fourth-order valence-corrected chi connectivity index (χ4v) is 13.9. The molecule has 444 valence electrons. The van der Waals surface area contributed by atoms with Gasteiger partial charge in [0.05, 0.1) is 45.8 Å². The van der Waals surface area contributed by atoms with Gasteiger partial charge in [0.25, 0.3) is 5.88 Å². The number of nitrogens with two attached hydrogens (primary N) is 1. The zero-order valence-electron chi connectivity index (χ0n) is 48.2. The molecule has 2 aromatic carbocycles. The molecule has 6 atom stereocenters. The second kappa shape index (κ2) is 24.7. The van der Waals surface area contributed by atoms with Crippen molar-refractivity contribution in [3.8, 4) is 39.2 Å². The fraction of sp³-hybridized carbons (Fsp3) is 0.516. The number of aromatic hydroxyl groups is 1. The normalized spacial score (nSPS) is 23.5. The summed E-state index contributed by atoms with van der Waals surface area (Å²) in [7, 11) is 1.78. The Hall–Kier alpha value is -7.40. The van der Waals surface area contributed by atoms with Crippen LogP contribution < -0.4 is 30.3 Å². The van der Waals surface area contributed by atoms with Crippen LogP contribution in [0.4, 0.5) is 17.2 Å². The van der Waals surface area contributed by atoms with E-state index in [0.29, 0.717) is 47.4 Å². The number of aryl methyl sites for hydroxylation is 1. The van der Waals surface area contributed by atoms with Crippen molar-refractivity contribution in [1.82, 2.24) is 45.3 Å². The standard InChI is InChI=1S/C62H76N12O9S/c1-36(2)56(61(78)73-34-44(75)27-51(73)60(77)66-57(62(79)70(4)40-8-7-9-40)38-12-14-39(15-13-38)58-37(3)65-35-84-58)53-31-55(69-83-53)80-25-24-71-22-19-45(20-23-71)81-46-28-47(29-46)82-54-26-41(18-21-64-54)74-42-16-17-43(74)33-72(32-42)50-30-49(67-68-59(50)63)48-10-5-6-11-52(48)76/h5-6,10-15,18,21,26,30-31,35-36,40,42-47,51,56-57,75-76H,7-9,16-17,19-20,22-25,27-29,32-34H2,1-4H3,(H2,63,68)(H,66,77)/t42-,43?,44-,46?,47?,51+,56+,57-/m1/s1. The Kier molecular flexibility index (Phi) is 16.8. The van der Waals surface area contributed by atoms with E-state index in [9.17, 15) is 24.6 Å². The first-order valence-electron chi connectivity index (χ1n) is 29.8. The van der Waals surface area contributed by atoms with Crippen molar-refractivity contribution in [1.29, 1.82) is 0 Å². The lowest BCUT2D eigenvalue weighted by atomic mass is 9.90. The Morgan fingerprint density at radius 3 is 2.35 bits per heavy atom. The molecule has 84 heavy (non-hydrogen) atoms. The Bertz CT molecular complexity index is 3280. The van der Waals surface area contributed by atoms with Crippen molar-refractivity contribution in [2.75, 3.05) is 68.5 Å². The van der Waals surface area contributed by atoms with Gasteiger partial charge in [0, 0.05) is 113 Å². The van der Waals surface area contributed by atoms with Crippen LogP contribution >= 0.6 is 11.3 Å². The first kappa shape index (κ1) is 57.1. The molecule has 8 heterocycles. The minimum Gasteiger partial charge on any atom is -0.507 e. The number of piperidine rings is 1. The number of thiazole rings is 1. The lowest BCUT2D eigenvalue weighted by molar-refractivity contribution is -0.143. The molecular formula is C62H76N12O9S. The molecule has 2 saturated carbocycles. The smallest absolute Gasteiger partial charge is 0.254 e. The molecule has 6 aromatic rings. The largest absolute Gasteiger partial charge is 0.507 e. The Morgan fingerprint density at radius 1 is 0.881 bits per heavy atom. The highest BCUT2D eigenvalue weighted by molar-refractivity contribution is 7.13. The Morgan fingerprint density at radius 2 is 1.64 bits per heavy atom. The molecule has 6 aliphatic rings. The third-order valence-corrected chi connectivity index (χ3v) is 19.1. The van der Waals surface area contributed by atoms with Crippen LogP contribution in [-0.4, -0.2) is 169 Å². The summed E-state index contributed by atoms with van der Waals surface area (Å²) in [5.41, 5.74) is 13.9. The number of benzene rings is 2. The number of likely N-dealkylation sites (tertiary alicyclic amines) is 2. The van der Waals surface area contributed by atoms with Crippen molar-refractivity contribution in [2.45, 2.75) is 146 Å². The summed E-state index contributed by atoms with van der Waals surface area (Å²) in [6, 6.07) is 21.1. The highest BCUT2D eigenvalue weighted by Crippen LogP contribution is 2.41.